The van der Waals surface area contributed by atoms with Crippen molar-refractivity contribution in [2.24, 2.45) is 5.73 Å². The minimum Gasteiger partial charge on any atom is -0.472 e. The topological polar surface area (TPSA) is 39.2 Å². The lowest BCUT2D eigenvalue weighted by molar-refractivity contribution is -0.291. The zero-order valence-corrected chi connectivity index (χ0v) is 7.91. The molecule has 0 aliphatic carbocycles. The number of rotatable bonds is 2. The highest BCUT2D eigenvalue weighted by Gasteiger charge is 2.61. The number of hydrogen-bond acceptors (Lipinski definition) is 2. The van der Waals surface area contributed by atoms with Gasteiger partial charge in [-0.05, 0) is 6.07 Å². The maximum atomic E-state index is 12.6. The van der Waals surface area contributed by atoms with Gasteiger partial charge in [-0.25, -0.2) is 0 Å². The van der Waals surface area contributed by atoms with Crippen LogP contribution in [0, 0.1) is 0 Å². The molecule has 1 rings (SSSR count). The molecule has 0 spiro atoms. The van der Waals surface area contributed by atoms with Crippen molar-refractivity contribution in [2.45, 2.75) is 18.1 Å². The predicted octanol–water partition coefficient (Wildman–Crippen LogP) is 2.90. The van der Waals surface area contributed by atoms with E-state index in [4.69, 9.17) is 5.73 Å². The highest BCUT2D eigenvalue weighted by Crippen LogP contribution is 2.43. The van der Waals surface area contributed by atoms with Crippen molar-refractivity contribution in [3.8, 4) is 0 Å². The van der Waals surface area contributed by atoms with Crippen LogP contribution >= 0.6 is 12.4 Å². The van der Waals surface area contributed by atoms with Gasteiger partial charge in [0.25, 0.3) is 0 Å². The van der Waals surface area contributed by atoms with E-state index in [0.717, 1.165) is 18.6 Å². The Kier molecular flexibility index (Phi) is 4.12. The first-order valence-corrected chi connectivity index (χ1v) is 3.49. The van der Waals surface area contributed by atoms with Crippen LogP contribution in [-0.2, 0) is 0 Å². The van der Waals surface area contributed by atoms with Crippen molar-refractivity contribution >= 4 is 12.4 Å². The Bertz CT molecular complexity index is 297. The molecule has 0 aliphatic rings. The molecule has 0 saturated carbocycles. The molecular weight excluding hydrogens is 245 g/mol. The van der Waals surface area contributed by atoms with E-state index in [1.807, 2.05) is 0 Å². The summed E-state index contributed by atoms with van der Waals surface area (Å²) < 4.78 is 65.0. The van der Waals surface area contributed by atoms with E-state index in [9.17, 15) is 22.0 Å². The van der Waals surface area contributed by atoms with Gasteiger partial charge in [-0.2, -0.15) is 22.0 Å². The van der Waals surface area contributed by atoms with Crippen molar-refractivity contribution in [1.29, 1.82) is 0 Å². The molecule has 0 saturated heterocycles. The SMILES string of the molecule is Cl.N[C@H](c1ccoc1)C(F)(F)C(F)(F)F. The predicted molar refractivity (Wildman–Crippen MR) is 43.9 cm³/mol. The number of nitrogens with two attached hydrogens (primary N) is 1. The van der Waals surface area contributed by atoms with Crippen LogP contribution in [0.4, 0.5) is 22.0 Å². The van der Waals surface area contributed by atoms with Crippen molar-refractivity contribution < 1.29 is 26.4 Å². The molecule has 0 amide bonds. The molecule has 1 atom stereocenters. The lowest BCUT2D eigenvalue weighted by Gasteiger charge is -2.24. The van der Waals surface area contributed by atoms with Crippen LogP contribution in [0.25, 0.3) is 0 Å². The van der Waals surface area contributed by atoms with Crippen molar-refractivity contribution in [3.05, 3.63) is 24.2 Å². The van der Waals surface area contributed by atoms with Crippen LogP contribution in [0.2, 0.25) is 0 Å². The standard InChI is InChI=1S/C7H6F5NO.ClH/c8-6(9,7(10,11)12)5(13)4-1-2-14-3-4;/h1-3,5H,13H2;1H/t5-;/m1./s1. The summed E-state index contributed by atoms with van der Waals surface area (Å²) in [4.78, 5) is 0. The smallest absolute Gasteiger partial charge is 0.455 e. The summed E-state index contributed by atoms with van der Waals surface area (Å²) in [6.07, 6.45) is -3.93. The lowest BCUT2D eigenvalue weighted by Crippen LogP contribution is -2.45. The first kappa shape index (κ1) is 14.2. The zero-order valence-electron chi connectivity index (χ0n) is 7.09. The molecule has 15 heavy (non-hydrogen) atoms. The maximum absolute atomic E-state index is 12.6. The summed E-state index contributed by atoms with van der Waals surface area (Å²) in [7, 11) is 0. The second-order valence-electron chi connectivity index (χ2n) is 2.66. The minimum atomic E-state index is -5.66. The summed E-state index contributed by atoms with van der Waals surface area (Å²) in [6.45, 7) is 0. The van der Waals surface area contributed by atoms with Gasteiger partial charge in [-0.15, -0.1) is 12.4 Å². The van der Waals surface area contributed by atoms with Gasteiger partial charge in [-0.3, -0.25) is 0 Å². The van der Waals surface area contributed by atoms with Gasteiger partial charge in [0.15, 0.2) is 0 Å². The largest absolute Gasteiger partial charge is 0.472 e. The Morgan fingerprint density at radius 2 is 1.73 bits per heavy atom. The van der Waals surface area contributed by atoms with E-state index in [-0.39, 0.29) is 12.4 Å². The molecule has 0 fully saturated rings. The Balaban J connectivity index is 0.00000196. The normalized spacial score (nSPS) is 14.5. The van der Waals surface area contributed by atoms with E-state index in [0.29, 0.717) is 0 Å². The second-order valence-corrected chi connectivity index (χ2v) is 2.66. The highest BCUT2D eigenvalue weighted by molar-refractivity contribution is 5.85. The van der Waals surface area contributed by atoms with E-state index in [1.54, 1.807) is 0 Å². The van der Waals surface area contributed by atoms with Crippen LogP contribution in [0.5, 0.6) is 0 Å². The van der Waals surface area contributed by atoms with Gasteiger partial charge in [0.2, 0.25) is 0 Å². The van der Waals surface area contributed by atoms with Gasteiger partial charge in [0, 0.05) is 5.56 Å². The summed E-state index contributed by atoms with van der Waals surface area (Å²) in [5.41, 5.74) is 4.38. The molecule has 1 aromatic rings. The molecule has 2 nitrogen and oxygen atoms in total. The molecule has 0 aromatic carbocycles. The molecule has 88 valence electrons. The summed E-state index contributed by atoms with van der Waals surface area (Å²) in [5.74, 6) is -4.96. The van der Waals surface area contributed by atoms with Gasteiger partial charge < -0.3 is 10.2 Å². The van der Waals surface area contributed by atoms with Crippen LogP contribution in [0.1, 0.15) is 11.6 Å². The number of halogens is 6. The molecule has 0 aliphatic heterocycles. The maximum Gasteiger partial charge on any atom is 0.455 e. The first-order valence-electron chi connectivity index (χ1n) is 3.49. The average Bonchev–Trinajstić information content (AvgIpc) is 2.52. The molecule has 1 aromatic heterocycles. The third kappa shape index (κ3) is 2.60. The fraction of sp³-hybridized carbons (Fsp3) is 0.429. The Morgan fingerprint density at radius 3 is 2.07 bits per heavy atom. The first-order chi connectivity index (χ1) is 6.27. The molecule has 1 heterocycles. The molecule has 0 unspecified atom stereocenters. The molecular formula is C7H7ClF5NO. The fourth-order valence-electron chi connectivity index (χ4n) is 0.838. The highest BCUT2D eigenvalue weighted by atomic mass is 35.5. The average molecular weight is 252 g/mol. The quantitative estimate of drug-likeness (QED) is 0.821. The van der Waals surface area contributed by atoms with Gasteiger partial charge in [0.1, 0.15) is 6.04 Å². The number of furan rings is 1. The van der Waals surface area contributed by atoms with Gasteiger partial charge in [-0.1, -0.05) is 0 Å². The zero-order chi connectivity index (χ0) is 11.0. The summed E-state index contributed by atoms with van der Waals surface area (Å²) in [5, 5.41) is 0. The number of hydrogen-bond donors (Lipinski definition) is 1. The third-order valence-corrected chi connectivity index (χ3v) is 1.67. The summed E-state index contributed by atoms with van der Waals surface area (Å²) >= 11 is 0. The fourth-order valence-corrected chi connectivity index (χ4v) is 0.838. The molecule has 8 heteroatoms. The Labute approximate surface area is 87.6 Å². The Hall–Kier alpha value is -0.820. The monoisotopic (exact) mass is 251 g/mol. The van der Waals surface area contributed by atoms with E-state index in [2.05, 4.69) is 4.42 Å². The van der Waals surface area contributed by atoms with Gasteiger partial charge >= 0.3 is 12.1 Å². The van der Waals surface area contributed by atoms with E-state index < -0.39 is 23.7 Å². The third-order valence-electron chi connectivity index (χ3n) is 1.67. The van der Waals surface area contributed by atoms with E-state index in [1.165, 1.54) is 0 Å². The lowest BCUT2D eigenvalue weighted by atomic mass is 10.0. The van der Waals surface area contributed by atoms with E-state index >= 15 is 0 Å². The van der Waals surface area contributed by atoms with Crippen LogP contribution in [0.3, 0.4) is 0 Å². The minimum absolute atomic E-state index is 0. The van der Waals surface area contributed by atoms with Crippen molar-refractivity contribution in [3.63, 3.8) is 0 Å². The molecule has 0 radical (unpaired) electrons. The number of alkyl halides is 5. The van der Waals surface area contributed by atoms with Crippen molar-refractivity contribution in [2.75, 3.05) is 0 Å². The van der Waals surface area contributed by atoms with Crippen LogP contribution < -0.4 is 5.73 Å². The Morgan fingerprint density at radius 1 is 1.20 bits per heavy atom. The molecule has 0 bridgehead atoms. The summed E-state index contributed by atoms with van der Waals surface area (Å²) in [6, 6.07) is -1.48. The van der Waals surface area contributed by atoms with Crippen LogP contribution in [0.15, 0.2) is 23.0 Å². The second kappa shape index (κ2) is 4.36. The van der Waals surface area contributed by atoms with Crippen molar-refractivity contribution in [1.82, 2.24) is 0 Å². The molecule has 2 N–H and O–H groups in total. The van der Waals surface area contributed by atoms with Gasteiger partial charge in [0.05, 0.1) is 12.5 Å². The van der Waals surface area contributed by atoms with Crippen LogP contribution in [-0.4, -0.2) is 12.1 Å².